The van der Waals surface area contributed by atoms with Gasteiger partial charge in [-0.25, -0.2) is 8.42 Å². The molecule has 8 heteroatoms. The van der Waals surface area contributed by atoms with E-state index in [1.54, 1.807) is 12.1 Å². The molecule has 1 unspecified atom stereocenters. The predicted octanol–water partition coefficient (Wildman–Crippen LogP) is 4.48. The van der Waals surface area contributed by atoms with Crippen LogP contribution in [-0.2, 0) is 32.6 Å². The number of carbonyl (C=O) groups is 2. The van der Waals surface area contributed by atoms with Gasteiger partial charge in [0.05, 0.1) is 11.4 Å². The molecule has 2 amide bonds. The minimum Gasteiger partial charge on any atom is -0.354 e. The van der Waals surface area contributed by atoms with Gasteiger partial charge in [0.2, 0.25) is 21.8 Å². The van der Waals surface area contributed by atoms with Crippen LogP contribution in [0.15, 0.2) is 83.8 Å². The normalized spacial score (nSPS) is 12.2. The molecule has 0 fully saturated rings. The summed E-state index contributed by atoms with van der Waals surface area (Å²) in [5.74, 6) is -0.697. The molecule has 0 spiro atoms. The van der Waals surface area contributed by atoms with E-state index in [4.69, 9.17) is 0 Å². The maximum atomic E-state index is 13.9. The van der Waals surface area contributed by atoms with Gasteiger partial charge < -0.3 is 10.2 Å². The smallest absolute Gasteiger partial charge is 0.243 e. The molecule has 0 aliphatic carbocycles. The number of rotatable bonds is 13. The van der Waals surface area contributed by atoms with E-state index < -0.39 is 28.5 Å². The van der Waals surface area contributed by atoms with E-state index in [9.17, 15) is 18.0 Å². The van der Waals surface area contributed by atoms with Gasteiger partial charge in [0.15, 0.2) is 0 Å². The largest absolute Gasteiger partial charge is 0.354 e. The molecule has 1 atom stereocenters. The average Bonchev–Trinajstić information content (AvgIpc) is 2.92. The summed E-state index contributed by atoms with van der Waals surface area (Å²) in [6.07, 6.45) is 2.06. The molecule has 0 heterocycles. The van der Waals surface area contributed by atoms with E-state index in [1.807, 2.05) is 75.4 Å². The lowest BCUT2D eigenvalue weighted by Gasteiger charge is -2.32. The number of likely N-dealkylation sites (N-methyl/N-ethyl adjacent to an activating group) is 1. The average molecular weight is 550 g/mol. The van der Waals surface area contributed by atoms with Crippen molar-refractivity contribution in [3.05, 3.63) is 101 Å². The Morgan fingerprint density at radius 1 is 0.846 bits per heavy atom. The second kappa shape index (κ2) is 14.1. The Labute approximate surface area is 232 Å². The topological polar surface area (TPSA) is 86.8 Å². The lowest BCUT2D eigenvalue weighted by molar-refractivity contribution is -0.141. The third kappa shape index (κ3) is 8.50. The molecule has 0 radical (unpaired) electrons. The fourth-order valence-corrected chi connectivity index (χ4v) is 5.33. The lowest BCUT2D eigenvalue weighted by Crippen LogP contribution is -2.53. The van der Waals surface area contributed by atoms with Crippen molar-refractivity contribution in [1.82, 2.24) is 14.5 Å². The summed E-state index contributed by atoms with van der Waals surface area (Å²) in [5, 5.41) is 2.98. The highest BCUT2D eigenvalue weighted by molar-refractivity contribution is 7.89. The fraction of sp³-hybridized carbons (Fsp3) is 0.355. The highest BCUT2D eigenvalue weighted by Gasteiger charge is 2.33. The molecule has 208 valence electrons. The number of sulfonamides is 1. The Hall–Kier alpha value is -3.49. The van der Waals surface area contributed by atoms with Gasteiger partial charge in [-0.15, -0.1) is 0 Å². The molecule has 3 aromatic rings. The number of nitrogens with one attached hydrogen (secondary N) is 1. The van der Waals surface area contributed by atoms with E-state index in [0.29, 0.717) is 13.0 Å². The molecular formula is C31H39N3O4S. The van der Waals surface area contributed by atoms with E-state index >= 15 is 0 Å². The minimum atomic E-state index is -3.90. The van der Waals surface area contributed by atoms with Crippen LogP contribution in [0.2, 0.25) is 0 Å². The first-order valence-electron chi connectivity index (χ1n) is 13.3. The Morgan fingerprint density at radius 2 is 1.44 bits per heavy atom. The van der Waals surface area contributed by atoms with Crippen LogP contribution in [0.25, 0.3) is 0 Å². The van der Waals surface area contributed by atoms with Gasteiger partial charge >= 0.3 is 0 Å². The minimum absolute atomic E-state index is 0.117. The van der Waals surface area contributed by atoms with Crippen LogP contribution < -0.4 is 5.32 Å². The standard InChI is InChI=1S/C31H39N3O4S/c1-5-6-20-32-31(36)29(21-26-10-8-7-9-11-26)34(22-27-16-12-24(2)13-17-27)30(35)23-33(4)39(37,38)28-18-14-25(3)15-19-28/h7-19,29H,5-6,20-23H2,1-4H3,(H,32,36). The summed E-state index contributed by atoms with van der Waals surface area (Å²) >= 11 is 0. The first-order chi connectivity index (χ1) is 18.6. The number of hydrogen-bond acceptors (Lipinski definition) is 4. The SMILES string of the molecule is CCCCNC(=O)C(Cc1ccccc1)N(Cc1ccc(C)cc1)C(=O)CN(C)S(=O)(=O)c1ccc(C)cc1. The molecule has 0 bridgehead atoms. The van der Waals surface area contributed by atoms with Crippen molar-refractivity contribution < 1.29 is 18.0 Å². The van der Waals surface area contributed by atoms with Gasteiger partial charge in [-0.3, -0.25) is 9.59 Å². The van der Waals surface area contributed by atoms with Crippen LogP contribution in [0.3, 0.4) is 0 Å². The van der Waals surface area contributed by atoms with Crippen molar-refractivity contribution in [2.24, 2.45) is 0 Å². The molecule has 0 saturated heterocycles. The first kappa shape index (κ1) is 30.1. The lowest BCUT2D eigenvalue weighted by atomic mass is 10.0. The molecule has 0 aliphatic rings. The van der Waals surface area contributed by atoms with Crippen LogP contribution >= 0.6 is 0 Å². The van der Waals surface area contributed by atoms with Crippen molar-refractivity contribution in [3.8, 4) is 0 Å². The van der Waals surface area contributed by atoms with Crippen molar-refractivity contribution in [3.63, 3.8) is 0 Å². The maximum Gasteiger partial charge on any atom is 0.243 e. The monoisotopic (exact) mass is 549 g/mol. The molecule has 0 aromatic heterocycles. The molecular weight excluding hydrogens is 510 g/mol. The summed E-state index contributed by atoms with van der Waals surface area (Å²) in [6, 6.07) is 23.0. The highest BCUT2D eigenvalue weighted by atomic mass is 32.2. The van der Waals surface area contributed by atoms with Gasteiger partial charge in [-0.2, -0.15) is 4.31 Å². The zero-order valence-electron chi connectivity index (χ0n) is 23.3. The van der Waals surface area contributed by atoms with Gasteiger partial charge in [-0.1, -0.05) is 91.2 Å². The van der Waals surface area contributed by atoms with Gasteiger partial charge in [0.25, 0.3) is 0 Å². The number of aryl methyl sites for hydroxylation is 2. The van der Waals surface area contributed by atoms with Crippen molar-refractivity contribution >= 4 is 21.8 Å². The van der Waals surface area contributed by atoms with Crippen molar-refractivity contribution in [2.75, 3.05) is 20.1 Å². The Bertz CT molecular complexity index is 1320. The predicted molar refractivity (Wildman–Crippen MR) is 155 cm³/mol. The summed E-state index contributed by atoms with van der Waals surface area (Å²) in [6.45, 7) is 6.20. The Balaban J connectivity index is 1.94. The zero-order valence-corrected chi connectivity index (χ0v) is 24.1. The van der Waals surface area contributed by atoms with Gasteiger partial charge in [0.1, 0.15) is 6.04 Å². The van der Waals surface area contributed by atoms with E-state index in [-0.39, 0.29) is 17.3 Å². The van der Waals surface area contributed by atoms with E-state index in [2.05, 4.69) is 5.32 Å². The number of amides is 2. The molecule has 39 heavy (non-hydrogen) atoms. The third-order valence-electron chi connectivity index (χ3n) is 6.66. The maximum absolute atomic E-state index is 13.9. The summed E-state index contributed by atoms with van der Waals surface area (Å²) in [5.41, 5.74) is 3.79. The van der Waals surface area contributed by atoms with Crippen LogP contribution in [0.5, 0.6) is 0 Å². The number of carbonyl (C=O) groups excluding carboxylic acids is 2. The number of hydrogen-bond donors (Lipinski definition) is 1. The van der Waals surface area contributed by atoms with E-state index in [1.165, 1.54) is 24.1 Å². The van der Waals surface area contributed by atoms with Crippen LogP contribution in [0.1, 0.15) is 42.0 Å². The second-order valence-electron chi connectivity index (χ2n) is 9.93. The molecule has 7 nitrogen and oxygen atoms in total. The zero-order chi connectivity index (χ0) is 28.4. The number of unbranched alkanes of at least 4 members (excludes halogenated alkanes) is 1. The number of benzene rings is 3. The molecule has 0 aliphatic heterocycles. The molecule has 3 rings (SSSR count). The Morgan fingerprint density at radius 3 is 2.03 bits per heavy atom. The van der Waals surface area contributed by atoms with Crippen molar-refractivity contribution in [2.45, 2.75) is 57.5 Å². The fourth-order valence-electron chi connectivity index (χ4n) is 4.21. The number of nitrogens with zero attached hydrogens (tertiary/aromatic N) is 2. The second-order valence-corrected chi connectivity index (χ2v) is 12.0. The van der Waals surface area contributed by atoms with E-state index in [0.717, 1.165) is 39.4 Å². The summed E-state index contributed by atoms with van der Waals surface area (Å²) < 4.78 is 27.5. The van der Waals surface area contributed by atoms with Gasteiger partial charge in [-0.05, 0) is 43.5 Å². The van der Waals surface area contributed by atoms with Crippen molar-refractivity contribution in [1.29, 1.82) is 0 Å². The molecule has 0 saturated carbocycles. The third-order valence-corrected chi connectivity index (χ3v) is 8.48. The van der Waals surface area contributed by atoms with Gasteiger partial charge in [0, 0.05) is 26.6 Å². The highest BCUT2D eigenvalue weighted by Crippen LogP contribution is 2.19. The first-order valence-corrected chi connectivity index (χ1v) is 14.8. The van der Waals surface area contributed by atoms with Crippen LogP contribution in [-0.4, -0.2) is 55.6 Å². The molecule has 3 aromatic carbocycles. The molecule has 1 N–H and O–H groups in total. The van der Waals surface area contributed by atoms with Crippen LogP contribution in [0.4, 0.5) is 0 Å². The quantitative estimate of drug-likeness (QED) is 0.319. The van der Waals surface area contributed by atoms with Crippen LogP contribution in [0, 0.1) is 13.8 Å². The summed E-state index contributed by atoms with van der Waals surface area (Å²) in [7, 11) is -2.51. The summed E-state index contributed by atoms with van der Waals surface area (Å²) in [4.78, 5) is 29.0. The Kier molecular flexibility index (Phi) is 10.8.